The molecule has 2 aromatic rings. The van der Waals surface area contributed by atoms with E-state index in [1.807, 2.05) is 54.8 Å². The number of hydrogen-bond donors (Lipinski definition) is 1. The predicted octanol–water partition coefficient (Wildman–Crippen LogP) is 3.70. The fraction of sp³-hybridized carbons (Fsp3) is 0.421. The van der Waals surface area contributed by atoms with Crippen molar-refractivity contribution in [1.82, 2.24) is 4.57 Å². The highest BCUT2D eigenvalue weighted by Gasteiger charge is 2.15. The molecule has 0 fully saturated rings. The normalized spacial score (nSPS) is 12.4. The van der Waals surface area contributed by atoms with Crippen molar-refractivity contribution >= 4 is 0 Å². The summed E-state index contributed by atoms with van der Waals surface area (Å²) in [5.74, 6) is 0. The van der Waals surface area contributed by atoms with Gasteiger partial charge in [0.15, 0.2) is 0 Å². The number of pyridine rings is 1. The second kappa shape index (κ2) is 7.41. The molecule has 1 atom stereocenters. The summed E-state index contributed by atoms with van der Waals surface area (Å²) in [6.45, 7) is 6.96. The van der Waals surface area contributed by atoms with Gasteiger partial charge in [-0.2, -0.15) is 0 Å². The topological polar surface area (TPSA) is 48.0 Å². The molecule has 0 spiro atoms. The molecule has 0 saturated carbocycles. The Labute approximate surface area is 132 Å². The van der Waals surface area contributed by atoms with Crippen LogP contribution in [0.3, 0.4) is 0 Å². The molecule has 0 aliphatic rings. The van der Waals surface area contributed by atoms with E-state index < -0.39 is 0 Å². The maximum absolute atomic E-state index is 12.7. The number of unbranched alkanes of at least 4 members (excludes halogenated alkanes) is 2. The lowest BCUT2D eigenvalue weighted by Crippen LogP contribution is -2.30. The molecule has 0 bridgehead atoms. The van der Waals surface area contributed by atoms with Crippen molar-refractivity contribution < 1.29 is 0 Å². The van der Waals surface area contributed by atoms with Gasteiger partial charge in [0.05, 0.1) is 6.04 Å². The molecule has 1 aromatic carbocycles. The fourth-order valence-electron chi connectivity index (χ4n) is 2.68. The van der Waals surface area contributed by atoms with Gasteiger partial charge < -0.3 is 10.3 Å². The highest BCUT2D eigenvalue weighted by molar-refractivity contribution is 5.32. The average molecular weight is 298 g/mol. The molecule has 2 N–H and O–H groups in total. The van der Waals surface area contributed by atoms with Crippen LogP contribution in [0.15, 0.2) is 41.2 Å². The van der Waals surface area contributed by atoms with Crippen molar-refractivity contribution in [2.45, 2.75) is 52.6 Å². The molecule has 1 unspecified atom stereocenters. The first-order valence-corrected chi connectivity index (χ1v) is 8.07. The molecular weight excluding hydrogens is 272 g/mol. The van der Waals surface area contributed by atoms with E-state index >= 15 is 0 Å². The SMILES string of the molecule is CCCCCn1c(C)ccc(C(N)c2ccc(C)cc2)c1=O. The van der Waals surface area contributed by atoms with Gasteiger partial charge in [-0.25, -0.2) is 0 Å². The maximum atomic E-state index is 12.7. The third-order valence-corrected chi connectivity index (χ3v) is 4.18. The Balaban J connectivity index is 2.33. The third-order valence-electron chi connectivity index (χ3n) is 4.18. The van der Waals surface area contributed by atoms with Gasteiger partial charge in [0.25, 0.3) is 5.56 Å². The lowest BCUT2D eigenvalue weighted by Gasteiger charge is -2.16. The molecule has 3 heteroatoms. The van der Waals surface area contributed by atoms with Crippen LogP contribution in [-0.4, -0.2) is 4.57 Å². The molecule has 3 nitrogen and oxygen atoms in total. The summed E-state index contributed by atoms with van der Waals surface area (Å²) in [6.07, 6.45) is 3.32. The van der Waals surface area contributed by atoms with Gasteiger partial charge in [-0.3, -0.25) is 4.79 Å². The zero-order valence-electron chi connectivity index (χ0n) is 13.8. The summed E-state index contributed by atoms with van der Waals surface area (Å²) in [5.41, 5.74) is 10.2. The summed E-state index contributed by atoms with van der Waals surface area (Å²) >= 11 is 0. The highest BCUT2D eigenvalue weighted by Crippen LogP contribution is 2.18. The van der Waals surface area contributed by atoms with E-state index in [1.165, 1.54) is 5.56 Å². The van der Waals surface area contributed by atoms with Crippen LogP contribution in [0.4, 0.5) is 0 Å². The minimum Gasteiger partial charge on any atom is -0.320 e. The zero-order valence-corrected chi connectivity index (χ0v) is 13.8. The molecule has 1 heterocycles. The molecule has 2 rings (SSSR count). The second-order valence-corrected chi connectivity index (χ2v) is 5.98. The minimum atomic E-state index is -0.369. The predicted molar refractivity (Wildman–Crippen MR) is 92.2 cm³/mol. The molecule has 118 valence electrons. The molecule has 0 aliphatic carbocycles. The first-order valence-electron chi connectivity index (χ1n) is 8.07. The maximum Gasteiger partial charge on any atom is 0.255 e. The summed E-state index contributed by atoms with van der Waals surface area (Å²) in [6, 6.07) is 11.6. The first kappa shape index (κ1) is 16.5. The van der Waals surface area contributed by atoms with E-state index in [1.54, 1.807) is 0 Å². The molecule has 0 amide bonds. The van der Waals surface area contributed by atoms with Crippen molar-refractivity contribution in [3.63, 3.8) is 0 Å². The summed E-state index contributed by atoms with van der Waals surface area (Å²) < 4.78 is 1.86. The van der Waals surface area contributed by atoms with Gasteiger partial charge in [0.2, 0.25) is 0 Å². The number of nitrogens with zero attached hydrogens (tertiary/aromatic N) is 1. The number of aryl methyl sites for hydroxylation is 2. The lowest BCUT2D eigenvalue weighted by atomic mass is 9.99. The van der Waals surface area contributed by atoms with E-state index in [4.69, 9.17) is 5.73 Å². The van der Waals surface area contributed by atoms with E-state index in [2.05, 4.69) is 6.92 Å². The Bertz CT molecular complexity index is 671. The van der Waals surface area contributed by atoms with Crippen LogP contribution >= 0.6 is 0 Å². The fourth-order valence-corrected chi connectivity index (χ4v) is 2.68. The van der Waals surface area contributed by atoms with Gasteiger partial charge >= 0.3 is 0 Å². The lowest BCUT2D eigenvalue weighted by molar-refractivity contribution is 0.570. The van der Waals surface area contributed by atoms with Crippen molar-refractivity contribution in [1.29, 1.82) is 0 Å². The van der Waals surface area contributed by atoms with Crippen LogP contribution in [0.25, 0.3) is 0 Å². The van der Waals surface area contributed by atoms with Gasteiger partial charge in [-0.1, -0.05) is 49.6 Å². The van der Waals surface area contributed by atoms with Gasteiger partial charge in [-0.15, -0.1) is 0 Å². The van der Waals surface area contributed by atoms with Crippen LogP contribution in [0.5, 0.6) is 0 Å². The Morgan fingerprint density at radius 3 is 2.36 bits per heavy atom. The average Bonchev–Trinajstić information content (AvgIpc) is 2.51. The van der Waals surface area contributed by atoms with Crippen molar-refractivity contribution in [2.24, 2.45) is 5.73 Å². The Morgan fingerprint density at radius 2 is 1.73 bits per heavy atom. The monoisotopic (exact) mass is 298 g/mol. The minimum absolute atomic E-state index is 0.0455. The molecular formula is C19H26N2O. The largest absolute Gasteiger partial charge is 0.320 e. The Morgan fingerprint density at radius 1 is 1.05 bits per heavy atom. The zero-order chi connectivity index (χ0) is 16.1. The molecule has 0 aliphatic heterocycles. The van der Waals surface area contributed by atoms with Gasteiger partial charge in [0, 0.05) is 17.8 Å². The summed E-state index contributed by atoms with van der Waals surface area (Å²) in [7, 11) is 0. The first-order chi connectivity index (χ1) is 10.5. The van der Waals surface area contributed by atoms with Crippen LogP contribution in [0, 0.1) is 13.8 Å². The number of aromatic nitrogens is 1. The number of nitrogens with two attached hydrogens (primary N) is 1. The van der Waals surface area contributed by atoms with E-state index in [0.29, 0.717) is 5.56 Å². The van der Waals surface area contributed by atoms with E-state index in [9.17, 15) is 4.79 Å². The summed E-state index contributed by atoms with van der Waals surface area (Å²) in [5, 5.41) is 0. The van der Waals surface area contributed by atoms with Crippen LogP contribution in [0.2, 0.25) is 0 Å². The molecule has 0 radical (unpaired) electrons. The van der Waals surface area contributed by atoms with Crippen LogP contribution in [-0.2, 0) is 6.54 Å². The Hall–Kier alpha value is -1.87. The van der Waals surface area contributed by atoms with Crippen LogP contribution < -0.4 is 11.3 Å². The number of benzene rings is 1. The van der Waals surface area contributed by atoms with Crippen LogP contribution in [0.1, 0.15) is 54.6 Å². The molecule has 1 aromatic heterocycles. The highest BCUT2D eigenvalue weighted by atomic mass is 16.1. The third kappa shape index (κ3) is 3.66. The quantitative estimate of drug-likeness (QED) is 0.827. The van der Waals surface area contributed by atoms with E-state index in [0.717, 1.165) is 37.1 Å². The van der Waals surface area contributed by atoms with Gasteiger partial charge in [-0.05, 0) is 38.0 Å². The molecule has 22 heavy (non-hydrogen) atoms. The Kier molecular flexibility index (Phi) is 5.56. The smallest absolute Gasteiger partial charge is 0.255 e. The summed E-state index contributed by atoms with van der Waals surface area (Å²) in [4.78, 5) is 12.7. The standard InChI is InChI=1S/C19H26N2O/c1-4-5-6-13-21-15(3)9-12-17(19(21)22)18(20)16-10-7-14(2)8-11-16/h7-12,18H,4-6,13,20H2,1-3H3. The second-order valence-electron chi connectivity index (χ2n) is 5.98. The van der Waals surface area contributed by atoms with Crippen molar-refractivity contribution in [3.05, 3.63) is 69.1 Å². The van der Waals surface area contributed by atoms with Crippen molar-refractivity contribution in [3.8, 4) is 0 Å². The van der Waals surface area contributed by atoms with Crippen molar-refractivity contribution in [2.75, 3.05) is 0 Å². The number of rotatable bonds is 6. The van der Waals surface area contributed by atoms with Gasteiger partial charge in [0.1, 0.15) is 0 Å². The molecule has 0 saturated heterocycles. The number of hydrogen-bond acceptors (Lipinski definition) is 2. The van der Waals surface area contributed by atoms with E-state index in [-0.39, 0.29) is 11.6 Å².